The average molecular weight is 573 g/mol. The molecule has 6 nitrogen and oxygen atoms in total. The van der Waals surface area contributed by atoms with Crippen molar-refractivity contribution in [2.45, 2.75) is 63.6 Å². The number of carbonyl (C=O) groups is 1. The summed E-state index contributed by atoms with van der Waals surface area (Å²) < 4.78 is 59.3. The van der Waals surface area contributed by atoms with Crippen molar-refractivity contribution in [2.24, 2.45) is 5.92 Å². The lowest BCUT2D eigenvalue weighted by atomic mass is 9.88. The lowest BCUT2D eigenvalue weighted by Gasteiger charge is -2.42. The van der Waals surface area contributed by atoms with Crippen molar-refractivity contribution in [3.8, 4) is 0 Å². The fourth-order valence-corrected chi connectivity index (χ4v) is 7.28. The Labute approximate surface area is 236 Å². The van der Waals surface area contributed by atoms with E-state index in [4.69, 9.17) is 0 Å². The molecule has 0 saturated carbocycles. The van der Waals surface area contributed by atoms with Crippen LogP contribution in [0.4, 0.5) is 23.2 Å². The quantitative estimate of drug-likeness (QED) is 0.365. The molecule has 2 saturated heterocycles. The van der Waals surface area contributed by atoms with Crippen LogP contribution in [0.25, 0.3) is 10.9 Å². The van der Waals surface area contributed by atoms with Gasteiger partial charge in [-0.25, -0.2) is 17.6 Å². The van der Waals surface area contributed by atoms with Gasteiger partial charge in [-0.15, -0.1) is 0 Å². The smallest absolute Gasteiger partial charge is 0.306 e. The summed E-state index contributed by atoms with van der Waals surface area (Å²) in [5.74, 6) is -2.48. The molecule has 0 aliphatic carbocycles. The summed E-state index contributed by atoms with van der Waals surface area (Å²) in [5, 5.41) is 10.2. The molecular weight excluding hydrogens is 536 g/mol. The van der Waals surface area contributed by atoms with E-state index < -0.39 is 36.6 Å². The Morgan fingerprint density at radius 2 is 1.68 bits per heavy atom. The molecule has 2 aromatic carbocycles. The van der Waals surface area contributed by atoms with Crippen molar-refractivity contribution in [1.82, 2.24) is 14.8 Å². The number of nitrogens with one attached hydrogen (secondary N) is 1. The van der Waals surface area contributed by atoms with Crippen LogP contribution in [0.1, 0.15) is 55.5 Å². The Hall–Kier alpha value is -3.11. The van der Waals surface area contributed by atoms with Crippen molar-refractivity contribution in [3.05, 3.63) is 64.9 Å². The van der Waals surface area contributed by atoms with E-state index >= 15 is 8.78 Å². The van der Waals surface area contributed by atoms with E-state index in [1.54, 1.807) is 0 Å². The van der Waals surface area contributed by atoms with Crippen LogP contribution in [-0.2, 0) is 11.2 Å². The number of carboxylic acids is 1. The van der Waals surface area contributed by atoms with Gasteiger partial charge in [-0.2, -0.15) is 0 Å². The highest BCUT2D eigenvalue weighted by atomic mass is 19.3. The highest BCUT2D eigenvalue weighted by Crippen LogP contribution is 2.43. The maximum absolute atomic E-state index is 16.0. The summed E-state index contributed by atoms with van der Waals surface area (Å²) in [5.41, 5.74) is 2.56. The molecule has 3 aliphatic rings. The van der Waals surface area contributed by atoms with E-state index in [1.807, 2.05) is 36.1 Å². The number of rotatable bonds is 6. The highest BCUT2D eigenvalue weighted by molar-refractivity contribution is 5.85. The minimum atomic E-state index is -2.65. The molecule has 41 heavy (non-hydrogen) atoms. The number of benzene rings is 2. The molecular formula is C31H36F4N4O2. The first-order valence-corrected chi connectivity index (χ1v) is 14.5. The van der Waals surface area contributed by atoms with Crippen LogP contribution < -0.4 is 4.90 Å². The van der Waals surface area contributed by atoms with Crippen LogP contribution in [0.2, 0.25) is 0 Å². The number of hydrogen-bond donors (Lipinski definition) is 2. The molecule has 0 unspecified atom stereocenters. The average Bonchev–Trinajstić information content (AvgIpc) is 3.32. The van der Waals surface area contributed by atoms with Gasteiger partial charge in [-0.3, -0.25) is 9.69 Å². The predicted octanol–water partition coefficient (Wildman–Crippen LogP) is 5.81. The fourth-order valence-electron chi connectivity index (χ4n) is 7.28. The first-order valence-electron chi connectivity index (χ1n) is 14.5. The number of carboxylic acid groups (broad SMARTS) is 1. The van der Waals surface area contributed by atoms with Gasteiger partial charge in [0.25, 0.3) is 6.43 Å². The van der Waals surface area contributed by atoms with E-state index in [0.29, 0.717) is 49.8 Å². The summed E-state index contributed by atoms with van der Waals surface area (Å²) in [7, 11) is 0. The Morgan fingerprint density at radius 1 is 1.02 bits per heavy atom. The Kier molecular flexibility index (Phi) is 7.72. The third-order valence-electron chi connectivity index (χ3n) is 9.43. The lowest BCUT2D eigenvalue weighted by molar-refractivity contribution is -0.143. The number of fused-ring (bicyclic) bond motifs is 3. The molecule has 3 aromatic rings. The van der Waals surface area contributed by atoms with Crippen LogP contribution in [0.3, 0.4) is 0 Å². The number of hydrogen-bond acceptors (Lipinski definition) is 4. The third kappa shape index (κ3) is 5.32. The number of alkyl halides is 2. The maximum atomic E-state index is 16.0. The van der Waals surface area contributed by atoms with E-state index in [9.17, 15) is 18.7 Å². The van der Waals surface area contributed by atoms with Gasteiger partial charge in [-0.1, -0.05) is 18.2 Å². The number of aliphatic carboxylic acids is 1. The topological polar surface area (TPSA) is 62.8 Å². The molecule has 10 heteroatoms. The summed E-state index contributed by atoms with van der Waals surface area (Å²) in [6.07, 6.45) is 0.800. The number of halogens is 4. The summed E-state index contributed by atoms with van der Waals surface area (Å²) in [4.78, 5) is 20.4. The van der Waals surface area contributed by atoms with Gasteiger partial charge >= 0.3 is 5.97 Å². The van der Waals surface area contributed by atoms with Crippen LogP contribution in [-0.4, -0.2) is 77.1 Å². The first-order chi connectivity index (χ1) is 19.7. The molecule has 3 aliphatic heterocycles. The molecule has 220 valence electrons. The zero-order valence-electron chi connectivity index (χ0n) is 23.1. The van der Waals surface area contributed by atoms with E-state index in [1.165, 1.54) is 17.0 Å². The van der Waals surface area contributed by atoms with Crippen molar-refractivity contribution in [3.63, 3.8) is 0 Å². The third-order valence-corrected chi connectivity index (χ3v) is 9.43. The number of anilines is 1. The van der Waals surface area contributed by atoms with Gasteiger partial charge in [0.05, 0.1) is 18.5 Å². The molecule has 0 bridgehead atoms. The summed E-state index contributed by atoms with van der Waals surface area (Å²) in [6.45, 7) is 4.02. The number of likely N-dealkylation sites (tertiary alicyclic amines) is 1. The minimum Gasteiger partial charge on any atom is -0.481 e. The second-order valence-electron chi connectivity index (χ2n) is 11.8. The molecule has 4 heterocycles. The van der Waals surface area contributed by atoms with Crippen LogP contribution in [0, 0.1) is 17.6 Å². The summed E-state index contributed by atoms with van der Waals surface area (Å²) in [6, 6.07) is 9.30. The van der Waals surface area contributed by atoms with Crippen LogP contribution in [0.5, 0.6) is 0 Å². The number of nitrogens with zero attached hydrogens (tertiary/aromatic N) is 3. The Morgan fingerprint density at radius 3 is 2.32 bits per heavy atom. The van der Waals surface area contributed by atoms with Gasteiger partial charge in [0.2, 0.25) is 0 Å². The van der Waals surface area contributed by atoms with Crippen molar-refractivity contribution in [2.75, 3.05) is 37.6 Å². The van der Waals surface area contributed by atoms with Crippen molar-refractivity contribution >= 4 is 22.6 Å². The number of aromatic amines is 1. The van der Waals surface area contributed by atoms with Gasteiger partial charge in [0.1, 0.15) is 11.6 Å². The fraction of sp³-hybridized carbons (Fsp3) is 0.516. The van der Waals surface area contributed by atoms with Crippen molar-refractivity contribution < 1.29 is 27.5 Å². The minimum absolute atomic E-state index is 0.204. The molecule has 1 aromatic heterocycles. The number of para-hydroxylation sites is 1. The molecule has 0 amide bonds. The highest BCUT2D eigenvalue weighted by Gasteiger charge is 2.40. The largest absolute Gasteiger partial charge is 0.481 e. The first kappa shape index (κ1) is 28.0. The van der Waals surface area contributed by atoms with Gasteiger partial charge in [-0.05, 0) is 75.9 Å². The summed E-state index contributed by atoms with van der Waals surface area (Å²) >= 11 is 0. The maximum Gasteiger partial charge on any atom is 0.306 e. The zero-order chi connectivity index (χ0) is 28.8. The molecule has 2 fully saturated rings. The number of aromatic nitrogens is 1. The van der Waals surface area contributed by atoms with Crippen molar-refractivity contribution in [1.29, 1.82) is 0 Å². The molecule has 0 radical (unpaired) electrons. The molecule has 6 rings (SSSR count). The SMILES string of the molecule is C[C@@H]1Cc2c([nH]c3ccccc23)[C@@H](c2c(F)cc(N3CCC(N4CCC(C(=O)O)CC4)CC3)cc2F)N1CC(F)F. The Bertz CT molecular complexity index is 1390. The van der Waals surface area contributed by atoms with Gasteiger partial charge < -0.3 is 19.9 Å². The zero-order valence-corrected chi connectivity index (χ0v) is 23.1. The van der Waals surface area contributed by atoms with E-state index in [-0.39, 0.29) is 17.5 Å². The molecule has 2 atom stereocenters. The molecule has 2 N–H and O–H groups in total. The van der Waals surface area contributed by atoms with Gasteiger partial charge in [0, 0.05) is 53.0 Å². The normalized spacial score (nSPS) is 23.4. The van der Waals surface area contributed by atoms with Crippen LogP contribution in [0.15, 0.2) is 36.4 Å². The van der Waals surface area contributed by atoms with E-state index in [0.717, 1.165) is 42.4 Å². The monoisotopic (exact) mass is 572 g/mol. The number of H-pyrrole nitrogens is 1. The standard InChI is InChI=1S/C31H36F4N4O2/c1-18-14-23-22-4-2-3-5-26(22)36-29(23)30(39(18)17-27(34)35)28-24(32)15-21(16-25(28)33)38-12-8-20(9-13-38)37-10-6-19(7-11-37)31(40)41/h2-5,15-16,18-20,27,30,36H,6-14,17H2,1H3,(H,40,41)/t18-,30-/m1/s1. The van der Waals surface area contributed by atoms with Gasteiger partial charge in [0.15, 0.2) is 0 Å². The number of piperidine rings is 2. The second kappa shape index (κ2) is 11.3. The van der Waals surface area contributed by atoms with Crippen LogP contribution >= 0.6 is 0 Å². The predicted molar refractivity (Wildman–Crippen MR) is 150 cm³/mol. The lowest BCUT2D eigenvalue weighted by Crippen LogP contribution is -2.48. The molecule has 0 spiro atoms. The Balaban J connectivity index is 1.25. The second-order valence-corrected chi connectivity index (χ2v) is 11.8. The van der Waals surface area contributed by atoms with E-state index in [2.05, 4.69) is 9.88 Å².